The van der Waals surface area contributed by atoms with Gasteiger partial charge in [0.1, 0.15) is 0 Å². The number of amides is 1. The van der Waals surface area contributed by atoms with Crippen molar-refractivity contribution in [1.82, 2.24) is 15.1 Å². The standard InChI is InChI=1S/C20H28N4O/c1-17-8-5-6-12-23(17)13-7-11-21-20(25)19-14-22-24(16-19)15-18-9-3-2-4-10-18/h2-4,9-10,14,16-17H,5-8,11-13,15H2,1H3,(H,21,25)/p+1/t17-/m1/s1. The van der Waals surface area contributed by atoms with Crippen LogP contribution in [0.15, 0.2) is 42.7 Å². The zero-order valence-corrected chi connectivity index (χ0v) is 15.1. The molecule has 2 N–H and O–H groups in total. The van der Waals surface area contributed by atoms with Crippen LogP contribution < -0.4 is 10.2 Å². The maximum Gasteiger partial charge on any atom is 0.254 e. The van der Waals surface area contributed by atoms with Crippen molar-refractivity contribution in [3.05, 3.63) is 53.9 Å². The summed E-state index contributed by atoms with van der Waals surface area (Å²) in [6.07, 6.45) is 8.55. The van der Waals surface area contributed by atoms with E-state index >= 15 is 0 Å². The fourth-order valence-corrected chi connectivity index (χ4v) is 3.58. The van der Waals surface area contributed by atoms with Crippen molar-refractivity contribution >= 4 is 5.91 Å². The van der Waals surface area contributed by atoms with Crippen molar-refractivity contribution in [1.29, 1.82) is 0 Å². The zero-order chi connectivity index (χ0) is 17.5. The molecule has 1 aromatic heterocycles. The number of carbonyl (C=O) groups excluding carboxylic acids is 1. The molecule has 0 spiro atoms. The maximum atomic E-state index is 12.3. The summed E-state index contributed by atoms with van der Waals surface area (Å²) >= 11 is 0. The molecule has 0 bridgehead atoms. The number of hydrogen-bond acceptors (Lipinski definition) is 2. The Morgan fingerprint density at radius 2 is 2.16 bits per heavy atom. The Kier molecular flexibility index (Phi) is 6.23. The van der Waals surface area contributed by atoms with Crippen LogP contribution in [0, 0.1) is 0 Å². The molecule has 0 aliphatic carbocycles. The van der Waals surface area contributed by atoms with Gasteiger partial charge in [0.15, 0.2) is 0 Å². The monoisotopic (exact) mass is 341 g/mol. The smallest absolute Gasteiger partial charge is 0.254 e. The van der Waals surface area contributed by atoms with E-state index in [0.29, 0.717) is 12.1 Å². The second kappa shape index (κ2) is 8.81. The molecule has 1 fully saturated rings. The number of carbonyl (C=O) groups is 1. The lowest BCUT2D eigenvalue weighted by Crippen LogP contribution is -3.16. The fraction of sp³-hybridized carbons (Fsp3) is 0.500. The van der Waals surface area contributed by atoms with Crippen LogP contribution >= 0.6 is 0 Å². The minimum absolute atomic E-state index is 0.0268. The normalized spacial score (nSPS) is 20.4. The van der Waals surface area contributed by atoms with E-state index in [4.69, 9.17) is 0 Å². The molecule has 1 aliphatic rings. The van der Waals surface area contributed by atoms with E-state index in [0.717, 1.165) is 25.6 Å². The highest BCUT2D eigenvalue weighted by Crippen LogP contribution is 2.04. The van der Waals surface area contributed by atoms with E-state index in [1.807, 2.05) is 29.1 Å². The van der Waals surface area contributed by atoms with E-state index in [9.17, 15) is 4.79 Å². The van der Waals surface area contributed by atoms with E-state index in [1.165, 1.54) is 31.4 Å². The number of rotatable bonds is 7. The molecule has 2 atom stereocenters. The molecule has 5 nitrogen and oxygen atoms in total. The highest BCUT2D eigenvalue weighted by molar-refractivity contribution is 5.93. The third-order valence-electron chi connectivity index (χ3n) is 5.13. The molecular weight excluding hydrogens is 312 g/mol. The van der Waals surface area contributed by atoms with Crippen LogP contribution in [-0.2, 0) is 6.54 Å². The SMILES string of the molecule is C[C@@H]1CCCC[NH+]1CCCNC(=O)c1cnn(Cc2ccccc2)c1. The molecule has 1 aliphatic heterocycles. The Labute approximate surface area is 150 Å². The molecule has 1 aromatic carbocycles. The van der Waals surface area contributed by atoms with Gasteiger partial charge < -0.3 is 10.2 Å². The summed E-state index contributed by atoms with van der Waals surface area (Å²) in [7, 11) is 0. The molecule has 5 heteroatoms. The average Bonchev–Trinajstić information content (AvgIpc) is 3.09. The van der Waals surface area contributed by atoms with E-state index in [2.05, 4.69) is 29.5 Å². The minimum Gasteiger partial charge on any atom is -0.352 e. The Bertz CT molecular complexity index is 667. The predicted octanol–water partition coefficient (Wildman–Crippen LogP) is 1.51. The summed E-state index contributed by atoms with van der Waals surface area (Å²) in [5.41, 5.74) is 1.81. The third-order valence-corrected chi connectivity index (χ3v) is 5.13. The first kappa shape index (κ1) is 17.7. The van der Waals surface area contributed by atoms with Crippen LogP contribution in [0.3, 0.4) is 0 Å². The predicted molar refractivity (Wildman–Crippen MR) is 98.7 cm³/mol. The largest absolute Gasteiger partial charge is 0.352 e. The molecule has 1 amide bonds. The van der Waals surface area contributed by atoms with Gasteiger partial charge in [0.2, 0.25) is 0 Å². The molecule has 3 rings (SSSR count). The van der Waals surface area contributed by atoms with Crippen LogP contribution in [0.1, 0.15) is 48.5 Å². The summed E-state index contributed by atoms with van der Waals surface area (Å²) in [4.78, 5) is 13.9. The summed E-state index contributed by atoms with van der Waals surface area (Å²) in [5, 5.41) is 7.32. The molecule has 2 aromatic rings. The van der Waals surface area contributed by atoms with Crippen LogP contribution in [-0.4, -0.2) is 41.4 Å². The highest BCUT2D eigenvalue weighted by atomic mass is 16.1. The van der Waals surface area contributed by atoms with Crippen molar-refractivity contribution < 1.29 is 9.69 Å². The van der Waals surface area contributed by atoms with Gasteiger partial charge in [-0.15, -0.1) is 0 Å². The van der Waals surface area contributed by atoms with Crippen molar-refractivity contribution in [2.24, 2.45) is 0 Å². The lowest BCUT2D eigenvalue weighted by atomic mass is 10.0. The zero-order valence-electron chi connectivity index (χ0n) is 15.1. The maximum absolute atomic E-state index is 12.3. The van der Waals surface area contributed by atoms with Gasteiger partial charge in [-0.2, -0.15) is 5.10 Å². The van der Waals surface area contributed by atoms with Gasteiger partial charge >= 0.3 is 0 Å². The van der Waals surface area contributed by atoms with Gasteiger partial charge in [-0.05, 0) is 31.7 Å². The van der Waals surface area contributed by atoms with Crippen molar-refractivity contribution in [3.63, 3.8) is 0 Å². The number of quaternary nitrogens is 1. The second-order valence-electron chi connectivity index (χ2n) is 7.08. The summed E-state index contributed by atoms with van der Waals surface area (Å²) in [6.45, 7) is 6.19. The lowest BCUT2D eigenvalue weighted by Gasteiger charge is -2.30. The topological polar surface area (TPSA) is 51.4 Å². The van der Waals surface area contributed by atoms with Crippen LogP contribution in [0.4, 0.5) is 0 Å². The first-order valence-corrected chi connectivity index (χ1v) is 9.41. The van der Waals surface area contributed by atoms with Gasteiger partial charge in [-0.1, -0.05) is 30.3 Å². The van der Waals surface area contributed by atoms with Crippen molar-refractivity contribution in [2.45, 2.75) is 45.2 Å². The van der Waals surface area contributed by atoms with Crippen LogP contribution in [0.5, 0.6) is 0 Å². The molecule has 1 saturated heterocycles. The first-order chi connectivity index (χ1) is 12.2. The molecule has 1 unspecified atom stereocenters. The van der Waals surface area contributed by atoms with E-state index in [1.54, 1.807) is 11.1 Å². The van der Waals surface area contributed by atoms with Crippen LogP contribution in [0.2, 0.25) is 0 Å². The number of nitrogens with one attached hydrogen (secondary N) is 2. The number of likely N-dealkylation sites (tertiary alicyclic amines) is 1. The highest BCUT2D eigenvalue weighted by Gasteiger charge is 2.21. The number of nitrogens with zero attached hydrogens (tertiary/aromatic N) is 2. The van der Waals surface area contributed by atoms with Gasteiger partial charge in [-0.3, -0.25) is 9.48 Å². The number of aromatic nitrogens is 2. The fourth-order valence-electron chi connectivity index (χ4n) is 3.58. The quantitative estimate of drug-likeness (QED) is 0.750. The Morgan fingerprint density at radius 3 is 2.96 bits per heavy atom. The molecular formula is C20H29N4O+. The molecule has 0 saturated carbocycles. The number of piperidine rings is 1. The number of hydrogen-bond donors (Lipinski definition) is 2. The molecule has 134 valence electrons. The summed E-state index contributed by atoms with van der Waals surface area (Å²) in [6, 6.07) is 10.9. The second-order valence-corrected chi connectivity index (χ2v) is 7.08. The van der Waals surface area contributed by atoms with Gasteiger partial charge in [0, 0.05) is 19.2 Å². The third kappa shape index (κ3) is 5.16. The average molecular weight is 341 g/mol. The van der Waals surface area contributed by atoms with Gasteiger partial charge in [0.25, 0.3) is 5.91 Å². The molecule has 0 radical (unpaired) electrons. The Balaban J connectivity index is 1.41. The van der Waals surface area contributed by atoms with Gasteiger partial charge in [0.05, 0.1) is 37.4 Å². The first-order valence-electron chi connectivity index (χ1n) is 9.41. The summed E-state index contributed by atoms with van der Waals surface area (Å²) in [5.74, 6) is -0.0268. The van der Waals surface area contributed by atoms with Crippen molar-refractivity contribution in [3.8, 4) is 0 Å². The Morgan fingerprint density at radius 1 is 1.32 bits per heavy atom. The Hall–Kier alpha value is -2.14. The molecule has 25 heavy (non-hydrogen) atoms. The van der Waals surface area contributed by atoms with Crippen LogP contribution in [0.25, 0.3) is 0 Å². The van der Waals surface area contributed by atoms with E-state index in [-0.39, 0.29) is 5.91 Å². The van der Waals surface area contributed by atoms with Crippen molar-refractivity contribution in [2.75, 3.05) is 19.6 Å². The van der Waals surface area contributed by atoms with Gasteiger partial charge in [-0.25, -0.2) is 0 Å². The van der Waals surface area contributed by atoms with E-state index < -0.39 is 0 Å². The molecule has 2 heterocycles. The summed E-state index contributed by atoms with van der Waals surface area (Å²) < 4.78 is 1.81. The minimum atomic E-state index is -0.0268. The number of benzene rings is 1. The lowest BCUT2D eigenvalue weighted by molar-refractivity contribution is -0.928.